The lowest BCUT2D eigenvalue weighted by molar-refractivity contribution is 0.0996. The average molecular weight is 277 g/mol. The molecule has 1 aromatic carbocycles. The van der Waals surface area contributed by atoms with Crippen molar-refractivity contribution >= 4 is 23.2 Å². The molecular formula is C13H9ClN2O3. The summed E-state index contributed by atoms with van der Waals surface area (Å²) in [5.74, 6) is 0.0649. The molecule has 2 aromatic rings. The smallest absolute Gasteiger partial charge is 0.291 e. The molecule has 1 heterocycles. The maximum atomic E-state index is 11.9. The van der Waals surface area contributed by atoms with E-state index in [1.165, 1.54) is 12.1 Å². The number of nitrogens with zero attached hydrogens (tertiary/aromatic N) is 1. The number of carbonyl (C=O) groups excluding carboxylic acids is 1. The van der Waals surface area contributed by atoms with Crippen LogP contribution in [0.5, 0.6) is 5.75 Å². The van der Waals surface area contributed by atoms with Gasteiger partial charge in [0.05, 0.1) is 5.69 Å². The molecule has 0 aliphatic rings. The van der Waals surface area contributed by atoms with Gasteiger partial charge in [0.15, 0.2) is 17.6 Å². The summed E-state index contributed by atoms with van der Waals surface area (Å²) in [6, 6.07) is 11.6. The van der Waals surface area contributed by atoms with Crippen molar-refractivity contribution in [3.05, 3.63) is 47.4 Å². The van der Waals surface area contributed by atoms with E-state index in [0.717, 1.165) is 0 Å². The van der Waals surface area contributed by atoms with E-state index in [9.17, 15) is 4.79 Å². The predicted octanol–water partition coefficient (Wildman–Crippen LogP) is 3.09. The SMILES string of the molecule is N#CCOc1ccccc1NC(=O)c1ccc(Cl)o1. The van der Waals surface area contributed by atoms with E-state index in [-0.39, 0.29) is 17.6 Å². The van der Waals surface area contributed by atoms with Gasteiger partial charge in [-0.1, -0.05) is 12.1 Å². The summed E-state index contributed by atoms with van der Waals surface area (Å²) >= 11 is 5.60. The van der Waals surface area contributed by atoms with Crippen LogP contribution in [0.4, 0.5) is 5.69 Å². The molecule has 0 unspecified atom stereocenters. The summed E-state index contributed by atoms with van der Waals surface area (Å²) in [4.78, 5) is 11.9. The van der Waals surface area contributed by atoms with Crippen molar-refractivity contribution in [3.63, 3.8) is 0 Å². The van der Waals surface area contributed by atoms with Gasteiger partial charge in [-0.25, -0.2) is 0 Å². The third kappa shape index (κ3) is 3.27. The Balaban J connectivity index is 2.14. The summed E-state index contributed by atoms with van der Waals surface area (Å²) < 4.78 is 10.2. The first-order chi connectivity index (χ1) is 9.20. The molecule has 0 radical (unpaired) electrons. The van der Waals surface area contributed by atoms with E-state index >= 15 is 0 Å². The van der Waals surface area contributed by atoms with Gasteiger partial charge in [0.1, 0.15) is 11.8 Å². The number of benzene rings is 1. The normalized spacial score (nSPS) is 9.68. The molecule has 19 heavy (non-hydrogen) atoms. The fraction of sp³-hybridized carbons (Fsp3) is 0.0769. The van der Waals surface area contributed by atoms with Crippen LogP contribution in [0.1, 0.15) is 10.6 Å². The van der Waals surface area contributed by atoms with Gasteiger partial charge in [-0.2, -0.15) is 5.26 Å². The highest BCUT2D eigenvalue weighted by Gasteiger charge is 2.13. The van der Waals surface area contributed by atoms with Crippen molar-refractivity contribution in [2.45, 2.75) is 0 Å². The minimum Gasteiger partial charge on any atom is -0.477 e. The quantitative estimate of drug-likeness (QED) is 0.931. The van der Waals surface area contributed by atoms with Crippen LogP contribution in [-0.4, -0.2) is 12.5 Å². The Morgan fingerprint density at radius 1 is 1.37 bits per heavy atom. The number of anilines is 1. The van der Waals surface area contributed by atoms with Crippen LogP contribution in [-0.2, 0) is 0 Å². The first-order valence-electron chi connectivity index (χ1n) is 5.36. The number of hydrogen-bond acceptors (Lipinski definition) is 4. The van der Waals surface area contributed by atoms with Gasteiger partial charge in [0, 0.05) is 0 Å². The molecule has 0 spiro atoms. The lowest BCUT2D eigenvalue weighted by Gasteiger charge is -2.09. The fourth-order valence-electron chi connectivity index (χ4n) is 1.43. The number of furan rings is 1. The number of nitrogens with one attached hydrogen (secondary N) is 1. The van der Waals surface area contributed by atoms with E-state index in [2.05, 4.69) is 5.32 Å². The minimum absolute atomic E-state index is 0.0973. The van der Waals surface area contributed by atoms with Gasteiger partial charge in [-0.3, -0.25) is 4.79 Å². The lowest BCUT2D eigenvalue weighted by atomic mass is 10.3. The predicted molar refractivity (Wildman–Crippen MR) is 69.2 cm³/mol. The Bertz CT molecular complexity index is 631. The number of amides is 1. The second-order valence-electron chi connectivity index (χ2n) is 3.50. The van der Waals surface area contributed by atoms with Crippen molar-refractivity contribution in [2.75, 3.05) is 11.9 Å². The zero-order chi connectivity index (χ0) is 13.7. The van der Waals surface area contributed by atoms with Crippen molar-refractivity contribution in [1.82, 2.24) is 0 Å². The highest BCUT2D eigenvalue weighted by Crippen LogP contribution is 2.24. The van der Waals surface area contributed by atoms with Crippen LogP contribution < -0.4 is 10.1 Å². The summed E-state index contributed by atoms with van der Waals surface area (Å²) in [7, 11) is 0. The number of para-hydroxylation sites is 2. The van der Waals surface area contributed by atoms with Gasteiger partial charge >= 0.3 is 0 Å². The van der Waals surface area contributed by atoms with Crippen molar-refractivity contribution in [1.29, 1.82) is 5.26 Å². The second kappa shape index (κ2) is 5.94. The van der Waals surface area contributed by atoms with E-state index < -0.39 is 5.91 Å². The van der Waals surface area contributed by atoms with E-state index in [4.69, 9.17) is 26.0 Å². The van der Waals surface area contributed by atoms with Crippen LogP contribution in [0.15, 0.2) is 40.8 Å². The van der Waals surface area contributed by atoms with Crippen LogP contribution in [0, 0.1) is 11.3 Å². The standard InChI is InChI=1S/C13H9ClN2O3/c14-12-6-5-11(19-12)13(17)16-9-3-1-2-4-10(9)18-8-7-15/h1-6H,8H2,(H,16,17). The van der Waals surface area contributed by atoms with Crippen molar-refractivity contribution in [2.24, 2.45) is 0 Å². The summed E-state index contributed by atoms with van der Waals surface area (Å²) in [6.07, 6.45) is 0. The molecule has 6 heteroatoms. The highest BCUT2D eigenvalue weighted by atomic mass is 35.5. The molecule has 0 aliphatic heterocycles. The molecule has 0 bridgehead atoms. The molecule has 1 aromatic heterocycles. The first kappa shape index (κ1) is 13.0. The monoisotopic (exact) mass is 276 g/mol. The summed E-state index contributed by atoms with van der Waals surface area (Å²) in [6.45, 7) is -0.0978. The fourth-order valence-corrected chi connectivity index (χ4v) is 1.57. The molecule has 96 valence electrons. The van der Waals surface area contributed by atoms with Crippen molar-refractivity contribution in [3.8, 4) is 11.8 Å². The van der Waals surface area contributed by atoms with Gasteiger partial charge in [0.25, 0.3) is 5.91 Å². The Morgan fingerprint density at radius 2 is 2.16 bits per heavy atom. The number of halogens is 1. The largest absolute Gasteiger partial charge is 0.477 e. The second-order valence-corrected chi connectivity index (χ2v) is 3.87. The maximum absolute atomic E-state index is 11.9. The number of nitriles is 1. The third-order valence-electron chi connectivity index (χ3n) is 2.22. The number of carbonyl (C=O) groups is 1. The highest BCUT2D eigenvalue weighted by molar-refractivity contribution is 6.29. The van der Waals surface area contributed by atoms with E-state index in [1.54, 1.807) is 24.3 Å². The molecule has 1 N–H and O–H groups in total. The van der Waals surface area contributed by atoms with Crippen molar-refractivity contribution < 1.29 is 13.9 Å². The zero-order valence-corrected chi connectivity index (χ0v) is 10.5. The van der Waals surface area contributed by atoms with Crippen LogP contribution in [0.25, 0.3) is 0 Å². The molecule has 0 fully saturated rings. The van der Waals surface area contributed by atoms with E-state index in [0.29, 0.717) is 11.4 Å². The van der Waals surface area contributed by atoms with Gasteiger partial charge in [-0.15, -0.1) is 0 Å². The van der Waals surface area contributed by atoms with Gasteiger partial charge in [-0.05, 0) is 35.9 Å². The number of rotatable bonds is 4. The molecule has 0 saturated carbocycles. The molecule has 5 nitrogen and oxygen atoms in total. The number of ether oxygens (including phenoxy) is 1. The Hall–Kier alpha value is -2.45. The minimum atomic E-state index is -0.445. The molecule has 1 amide bonds. The molecule has 0 saturated heterocycles. The number of hydrogen-bond donors (Lipinski definition) is 1. The molecule has 0 aliphatic carbocycles. The molecular weight excluding hydrogens is 268 g/mol. The summed E-state index contributed by atoms with van der Waals surface area (Å²) in [5, 5.41) is 11.3. The first-order valence-corrected chi connectivity index (χ1v) is 5.74. The lowest BCUT2D eigenvalue weighted by Crippen LogP contribution is -2.12. The average Bonchev–Trinajstić information content (AvgIpc) is 2.84. The Labute approximate surface area is 114 Å². The van der Waals surface area contributed by atoms with Crippen LogP contribution in [0.2, 0.25) is 5.22 Å². The van der Waals surface area contributed by atoms with Gasteiger partial charge < -0.3 is 14.5 Å². The maximum Gasteiger partial charge on any atom is 0.291 e. The third-order valence-corrected chi connectivity index (χ3v) is 2.43. The zero-order valence-electron chi connectivity index (χ0n) is 9.72. The molecule has 2 rings (SSSR count). The summed E-state index contributed by atoms with van der Waals surface area (Å²) in [5.41, 5.74) is 0.454. The van der Waals surface area contributed by atoms with Crippen LogP contribution >= 0.6 is 11.6 Å². The Morgan fingerprint density at radius 3 is 2.84 bits per heavy atom. The van der Waals surface area contributed by atoms with Gasteiger partial charge in [0.2, 0.25) is 0 Å². The molecule has 0 atom stereocenters. The van der Waals surface area contributed by atoms with Crippen LogP contribution in [0.3, 0.4) is 0 Å². The van der Waals surface area contributed by atoms with E-state index in [1.807, 2.05) is 6.07 Å². The Kier molecular flexibility index (Phi) is 4.06. The topological polar surface area (TPSA) is 75.3 Å².